The predicted octanol–water partition coefficient (Wildman–Crippen LogP) is 1.41. The standard InChI is InChI=1S/C20H37N7O/c1-5-21-20(22-11-16(3)26-10-6-7-15(2)12-26)23-17-8-9-19-24-18(14-28-4)25-27(19)13-17/h15-17H,5-14H2,1-4H3,(H2,21,22,23). The monoisotopic (exact) mass is 391 g/mol. The number of aromatic nitrogens is 3. The SMILES string of the molecule is CCNC(=NCC(C)N1CCCC(C)C1)NC1CCc2nc(COC)nn2C1. The van der Waals surface area contributed by atoms with Crippen LogP contribution in [0, 0.1) is 5.92 Å². The van der Waals surface area contributed by atoms with Crippen LogP contribution in [0.1, 0.15) is 51.7 Å². The lowest BCUT2D eigenvalue weighted by Gasteiger charge is -2.35. The predicted molar refractivity (Wildman–Crippen MR) is 111 cm³/mol. The average Bonchev–Trinajstić information content (AvgIpc) is 3.08. The van der Waals surface area contributed by atoms with Gasteiger partial charge in [0.25, 0.3) is 0 Å². The van der Waals surface area contributed by atoms with E-state index in [2.05, 4.69) is 46.4 Å². The number of ether oxygens (including phenoxy) is 1. The number of guanidine groups is 1. The van der Waals surface area contributed by atoms with Gasteiger partial charge in [-0.1, -0.05) is 6.92 Å². The fraction of sp³-hybridized carbons (Fsp3) is 0.850. The van der Waals surface area contributed by atoms with Gasteiger partial charge in [0.1, 0.15) is 12.4 Å². The Hall–Kier alpha value is -1.67. The molecule has 1 saturated heterocycles. The Morgan fingerprint density at radius 3 is 2.96 bits per heavy atom. The van der Waals surface area contributed by atoms with E-state index >= 15 is 0 Å². The molecule has 158 valence electrons. The van der Waals surface area contributed by atoms with Crippen LogP contribution in [0.5, 0.6) is 0 Å². The van der Waals surface area contributed by atoms with E-state index in [9.17, 15) is 0 Å². The van der Waals surface area contributed by atoms with E-state index in [4.69, 9.17) is 9.73 Å². The molecule has 0 saturated carbocycles. The van der Waals surface area contributed by atoms with Crippen LogP contribution in [-0.4, -0.2) is 71.0 Å². The van der Waals surface area contributed by atoms with Crippen molar-refractivity contribution in [3.05, 3.63) is 11.6 Å². The van der Waals surface area contributed by atoms with E-state index < -0.39 is 0 Å². The Balaban J connectivity index is 1.55. The molecule has 1 aromatic rings. The Kier molecular flexibility index (Phi) is 7.67. The van der Waals surface area contributed by atoms with Crippen LogP contribution in [0.25, 0.3) is 0 Å². The topological polar surface area (TPSA) is 79.6 Å². The van der Waals surface area contributed by atoms with Crippen LogP contribution < -0.4 is 10.6 Å². The molecule has 1 fully saturated rings. The van der Waals surface area contributed by atoms with Gasteiger partial charge in [0.15, 0.2) is 11.8 Å². The van der Waals surface area contributed by atoms with E-state index in [-0.39, 0.29) is 0 Å². The lowest BCUT2D eigenvalue weighted by atomic mass is 9.99. The second-order valence-electron chi connectivity index (χ2n) is 8.25. The van der Waals surface area contributed by atoms with E-state index in [1.165, 1.54) is 25.9 Å². The third kappa shape index (κ3) is 5.67. The molecule has 8 heteroatoms. The lowest BCUT2D eigenvalue weighted by molar-refractivity contribution is 0.142. The molecule has 2 N–H and O–H groups in total. The molecule has 3 unspecified atom stereocenters. The molecule has 0 aromatic carbocycles. The zero-order chi connectivity index (χ0) is 19.9. The maximum atomic E-state index is 5.15. The number of nitrogens with one attached hydrogen (secondary N) is 2. The van der Waals surface area contributed by atoms with Crippen molar-refractivity contribution in [2.45, 2.75) is 71.7 Å². The van der Waals surface area contributed by atoms with Crippen molar-refractivity contribution in [3.63, 3.8) is 0 Å². The van der Waals surface area contributed by atoms with E-state index in [0.29, 0.717) is 18.7 Å². The number of hydrogen-bond acceptors (Lipinski definition) is 5. The van der Waals surface area contributed by atoms with Gasteiger partial charge in [0.2, 0.25) is 0 Å². The molecule has 1 aromatic heterocycles. The van der Waals surface area contributed by atoms with Gasteiger partial charge in [-0.15, -0.1) is 0 Å². The molecule has 8 nitrogen and oxygen atoms in total. The first-order chi connectivity index (χ1) is 13.6. The first-order valence-electron chi connectivity index (χ1n) is 10.8. The van der Waals surface area contributed by atoms with Gasteiger partial charge in [0, 0.05) is 38.7 Å². The summed E-state index contributed by atoms with van der Waals surface area (Å²) in [5.41, 5.74) is 0. The molecule has 3 rings (SSSR count). The summed E-state index contributed by atoms with van der Waals surface area (Å²) >= 11 is 0. The second-order valence-corrected chi connectivity index (χ2v) is 8.25. The molecule has 0 aliphatic carbocycles. The van der Waals surface area contributed by atoms with Gasteiger partial charge in [-0.05, 0) is 45.6 Å². The van der Waals surface area contributed by atoms with Crippen LogP contribution >= 0.6 is 0 Å². The highest BCUT2D eigenvalue weighted by Gasteiger charge is 2.23. The molecule has 0 radical (unpaired) electrons. The van der Waals surface area contributed by atoms with Crippen molar-refractivity contribution in [1.29, 1.82) is 0 Å². The Morgan fingerprint density at radius 2 is 2.21 bits per heavy atom. The number of piperidine rings is 1. The molecular formula is C20H37N7O. The highest BCUT2D eigenvalue weighted by Crippen LogP contribution is 2.18. The van der Waals surface area contributed by atoms with Crippen LogP contribution in [0.3, 0.4) is 0 Å². The number of fused-ring (bicyclic) bond motifs is 1. The molecule has 0 spiro atoms. The van der Waals surface area contributed by atoms with Gasteiger partial charge in [-0.25, -0.2) is 9.67 Å². The Bertz CT molecular complexity index is 644. The number of likely N-dealkylation sites (tertiary alicyclic amines) is 1. The lowest BCUT2D eigenvalue weighted by Crippen LogP contribution is -2.48. The fourth-order valence-corrected chi connectivity index (χ4v) is 4.15. The summed E-state index contributed by atoms with van der Waals surface area (Å²) in [7, 11) is 1.68. The summed E-state index contributed by atoms with van der Waals surface area (Å²) in [5.74, 6) is 3.53. The van der Waals surface area contributed by atoms with Crippen molar-refractivity contribution in [2.75, 3.05) is 33.3 Å². The minimum atomic E-state index is 0.313. The largest absolute Gasteiger partial charge is 0.377 e. The van der Waals surface area contributed by atoms with Gasteiger partial charge in [-0.2, -0.15) is 5.10 Å². The number of aliphatic imine (C=N–C) groups is 1. The Morgan fingerprint density at radius 1 is 1.36 bits per heavy atom. The van der Waals surface area contributed by atoms with Crippen LogP contribution in [0.15, 0.2) is 4.99 Å². The summed E-state index contributed by atoms with van der Waals surface area (Å²) in [4.78, 5) is 12.0. The summed E-state index contributed by atoms with van der Waals surface area (Å²) in [5, 5.41) is 11.6. The van der Waals surface area contributed by atoms with Crippen LogP contribution in [0.4, 0.5) is 0 Å². The van der Waals surface area contributed by atoms with E-state index in [1.54, 1.807) is 7.11 Å². The first kappa shape index (κ1) is 21.0. The van der Waals surface area contributed by atoms with E-state index in [1.807, 2.05) is 4.68 Å². The third-order valence-corrected chi connectivity index (χ3v) is 5.69. The molecule has 3 atom stereocenters. The van der Waals surface area contributed by atoms with Crippen molar-refractivity contribution < 1.29 is 4.74 Å². The smallest absolute Gasteiger partial charge is 0.191 e. The van der Waals surface area contributed by atoms with Crippen LogP contribution in [-0.2, 0) is 24.3 Å². The highest BCUT2D eigenvalue weighted by atomic mass is 16.5. The fourth-order valence-electron chi connectivity index (χ4n) is 4.15. The number of hydrogen-bond donors (Lipinski definition) is 2. The van der Waals surface area contributed by atoms with Gasteiger partial charge in [-0.3, -0.25) is 9.89 Å². The molecule has 0 bridgehead atoms. The average molecular weight is 392 g/mol. The van der Waals surface area contributed by atoms with Crippen molar-refractivity contribution in [2.24, 2.45) is 10.9 Å². The van der Waals surface area contributed by atoms with E-state index in [0.717, 1.165) is 56.0 Å². The zero-order valence-electron chi connectivity index (χ0n) is 17.9. The van der Waals surface area contributed by atoms with Gasteiger partial charge in [0.05, 0.1) is 13.1 Å². The first-order valence-corrected chi connectivity index (χ1v) is 10.8. The van der Waals surface area contributed by atoms with Gasteiger partial charge < -0.3 is 15.4 Å². The molecule has 0 amide bonds. The summed E-state index contributed by atoms with van der Waals surface area (Å²) in [6.45, 7) is 12.1. The number of methoxy groups -OCH3 is 1. The summed E-state index contributed by atoms with van der Waals surface area (Å²) in [6.07, 6.45) is 4.63. The minimum absolute atomic E-state index is 0.313. The highest BCUT2D eigenvalue weighted by molar-refractivity contribution is 5.80. The quantitative estimate of drug-likeness (QED) is 0.541. The molecular weight excluding hydrogens is 354 g/mol. The zero-order valence-corrected chi connectivity index (χ0v) is 17.9. The number of nitrogens with zero attached hydrogens (tertiary/aromatic N) is 5. The molecule has 2 aliphatic rings. The Labute approximate surface area is 169 Å². The number of rotatable bonds is 7. The molecule has 3 heterocycles. The second kappa shape index (κ2) is 10.2. The maximum Gasteiger partial charge on any atom is 0.191 e. The third-order valence-electron chi connectivity index (χ3n) is 5.69. The van der Waals surface area contributed by atoms with Crippen molar-refractivity contribution in [1.82, 2.24) is 30.3 Å². The molecule has 28 heavy (non-hydrogen) atoms. The summed E-state index contributed by atoms with van der Waals surface area (Å²) in [6, 6.07) is 0.788. The minimum Gasteiger partial charge on any atom is -0.377 e. The summed E-state index contributed by atoms with van der Waals surface area (Å²) < 4.78 is 7.16. The van der Waals surface area contributed by atoms with Crippen molar-refractivity contribution >= 4 is 5.96 Å². The normalized spacial score (nSPS) is 24.6. The number of aryl methyl sites for hydroxylation is 1. The molecule has 2 aliphatic heterocycles. The van der Waals surface area contributed by atoms with Crippen molar-refractivity contribution in [3.8, 4) is 0 Å². The van der Waals surface area contributed by atoms with Crippen LogP contribution in [0.2, 0.25) is 0 Å². The maximum absolute atomic E-state index is 5.15. The van der Waals surface area contributed by atoms with Gasteiger partial charge >= 0.3 is 0 Å².